The average molecular weight is 284 g/mol. The van der Waals surface area contributed by atoms with Crippen molar-refractivity contribution in [1.29, 1.82) is 0 Å². The first-order valence-electron chi connectivity index (χ1n) is 6.14. The molecular weight excluding hydrogens is 266 g/mol. The van der Waals surface area contributed by atoms with Crippen molar-refractivity contribution in [2.75, 3.05) is 0 Å². The molecule has 6 heteroatoms. The summed E-state index contributed by atoms with van der Waals surface area (Å²) < 4.78 is 17.8. The summed E-state index contributed by atoms with van der Waals surface area (Å²) in [6.45, 7) is 5.05. The Kier molecular flexibility index (Phi) is 5.07. The zero-order valence-corrected chi connectivity index (χ0v) is 11.6. The van der Waals surface area contributed by atoms with Crippen molar-refractivity contribution in [2.45, 2.75) is 38.8 Å². The lowest BCUT2D eigenvalue weighted by atomic mass is 10.1. The van der Waals surface area contributed by atoms with Gasteiger partial charge in [0.1, 0.15) is 17.5 Å². The molecule has 1 atom stereocenters. The number of hydrogen-bond donors (Lipinski definition) is 2. The summed E-state index contributed by atoms with van der Waals surface area (Å²) in [6.07, 6.45) is -0.749. The highest BCUT2D eigenvalue weighted by molar-refractivity contribution is 5.80. The van der Waals surface area contributed by atoms with Gasteiger partial charge in [0, 0.05) is 6.42 Å². The third-order valence-electron chi connectivity index (χ3n) is 2.34. The maximum atomic E-state index is 12.8. The average Bonchev–Trinajstić information content (AvgIpc) is 2.28. The van der Waals surface area contributed by atoms with Crippen molar-refractivity contribution in [3.8, 4) is 0 Å². The number of alkyl carbamates (subject to hydrolysis) is 1. The fourth-order valence-electron chi connectivity index (χ4n) is 1.51. The summed E-state index contributed by atoms with van der Waals surface area (Å²) in [7, 11) is 0. The molecule has 0 fully saturated rings. The van der Waals surface area contributed by atoms with E-state index in [-0.39, 0.29) is 6.42 Å². The first-order chi connectivity index (χ1) is 9.17. The lowest BCUT2D eigenvalue weighted by Gasteiger charge is -2.22. The first-order valence-corrected chi connectivity index (χ1v) is 6.14. The van der Waals surface area contributed by atoms with Crippen LogP contribution in [0.2, 0.25) is 0 Å². The normalized spacial score (nSPS) is 12.6. The van der Waals surface area contributed by atoms with E-state index < -0.39 is 29.5 Å². The number of carbonyl (C=O) groups is 2. The molecular formula is C14H18FNO4. The van der Waals surface area contributed by atoms with Crippen LogP contribution in [0.15, 0.2) is 24.3 Å². The number of nitrogens with one attached hydrogen (secondary N) is 1. The monoisotopic (exact) mass is 284 g/mol. The number of benzene rings is 1. The van der Waals surface area contributed by atoms with E-state index in [1.807, 2.05) is 0 Å². The van der Waals surface area contributed by atoms with Crippen molar-refractivity contribution in [2.24, 2.45) is 0 Å². The van der Waals surface area contributed by atoms with E-state index in [0.717, 1.165) is 0 Å². The van der Waals surface area contributed by atoms with Crippen LogP contribution in [0.4, 0.5) is 9.18 Å². The van der Waals surface area contributed by atoms with Gasteiger partial charge in [-0.3, -0.25) is 0 Å². The van der Waals surface area contributed by atoms with Crippen LogP contribution in [-0.4, -0.2) is 28.8 Å². The van der Waals surface area contributed by atoms with Crippen molar-refractivity contribution >= 4 is 12.1 Å². The molecule has 2 N–H and O–H groups in total. The highest BCUT2D eigenvalue weighted by atomic mass is 19.1. The van der Waals surface area contributed by atoms with Gasteiger partial charge in [0.15, 0.2) is 0 Å². The highest BCUT2D eigenvalue weighted by Crippen LogP contribution is 2.09. The van der Waals surface area contributed by atoms with Crippen molar-refractivity contribution in [3.63, 3.8) is 0 Å². The Balaban J connectivity index is 2.68. The van der Waals surface area contributed by atoms with E-state index in [9.17, 15) is 14.0 Å². The molecule has 0 aliphatic rings. The molecule has 110 valence electrons. The van der Waals surface area contributed by atoms with E-state index in [1.165, 1.54) is 24.3 Å². The number of ether oxygens (including phenoxy) is 1. The summed E-state index contributed by atoms with van der Waals surface area (Å²) in [5.41, 5.74) is -0.0990. The molecule has 0 aliphatic heterocycles. The van der Waals surface area contributed by atoms with Gasteiger partial charge in [-0.25, -0.2) is 14.0 Å². The van der Waals surface area contributed by atoms with Crippen LogP contribution < -0.4 is 5.32 Å². The Bertz CT molecular complexity index is 479. The lowest BCUT2D eigenvalue weighted by molar-refractivity contribution is -0.139. The second-order valence-corrected chi connectivity index (χ2v) is 5.37. The molecule has 1 aromatic rings. The van der Waals surface area contributed by atoms with E-state index >= 15 is 0 Å². The van der Waals surface area contributed by atoms with E-state index in [2.05, 4.69) is 5.32 Å². The molecule has 5 nitrogen and oxygen atoms in total. The van der Waals surface area contributed by atoms with E-state index in [4.69, 9.17) is 9.84 Å². The zero-order valence-electron chi connectivity index (χ0n) is 11.6. The van der Waals surface area contributed by atoms with Crippen LogP contribution in [0.5, 0.6) is 0 Å². The minimum atomic E-state index is -1.18. The SMILES string of the molecule is CC(C)(C)OC(=O)NC(Cc1ccc(F)cc1)[13C](=O)O. The second-order valence-electron chi connectivity index (χ2n) is 5.37. The molecule has 0 saturated heterocycles. The predicted octanol–water partition coefficient (Wildman–Crippen LogP) is 2.35. The molecule has 1 amide bonds. The number of hydrogen-bond acceptors (Lipinski definition) is 3. The first kappa shape index (κ1) is 15.9. The predicted molar refractivity (Wildman–Crippen MR) is 70.9 cm³/mol. The van der Waals surface area contributed by atoms with Crippen LogP contribution in [0.1, 0.15) is 26.3 Å². The number of carbonyl (C=O) groups excluding carboxylic acids is 1. The topological polar surface area (TPSA) is 75.6 Å². The summed E-state index contributed by atoms with van der Waals surface area (Å²) in [5.74, 6) is -1.58. The minimum absolute atomic E-state index is 0.0505. The number of carboxylic acids is 1. The van der Waals surface area contributed by atoms with Gasteiger partial charge in [-0.15, -0.1) is 0 Å². The molecule has 0 saturated carbocycles. The van der Waals surface area contributed by atoms with Crippen LogP contribution in [0.25, 0.3) is 0 Å². The molecule has 0 aromatic heterocycles. The molecule has 1 aromatic carbocycles. The van der Waals surface area contributed by atoms with Gasteiger partial charge >= 0.3 is 12.1 Å². The third-order valence-corrected chi connectivity index (χ3v) is 2.34. The fourth-order valence-corrected chi connectivity index (χ4v) is 1.51. The summed E-state index contributed by atoms with van der Waals surface area (Å²) in [6, 6.07) is 4.29. The summed E-state index contributed by atoms with van der Waals surface area (Å²) in [5, 5.41) is 11.4. The lowest BCUT2D eigenvalue weighted by Crippen LogP contribution is -2.44. The van der Waals surface area contributed by atoms with Crippen molar-refractivity contribution in [3.05, 3.63) is 35.6 Å². The Hall–Kier alpha value is -2.11. The van der Waals surface area contributed by atoms with Gasteiger partial charge in [-0.05, 0) is 38.5 Å². The van der Waals surface area contributed by atoms with Gasteiger partial charge < -0.3 is 15.2 Å². The van der Waals surface area contributed by atoms with Gasteiger partial charge in [0.2, 0.25) is 0 Å². The van der Waals surface area contributed by atoms with Gasteiger partial charge in [0.25, 0.3) is 0 Å². The van der Waals surface area contributed by atoms with Gasteiger partial charge in [-0.1, -0.05) is 12.1 Å². The molecule has 1 rings (SSSR count). The van der Waals surface area contributed by atoms with E-state index in [0.29, 0.717) is 5.56 Å². The van der Waals surface area contributed by atoms with Gasteiger partial charge in [-0.2, -0.15) is 0 Å². The number of halogens is 1. The van der Waals surface area contributed by atoms with Gasteiger partial charge in [0.05, 0.1) is 0 Å². The summed E-state index contributed by atoms with van der Waals surface area (Å²) >= 11 is 0. The Morgan fingerprint density at radius 3 is 2.30 bits per heavy atom. The Morgan fingerprint density at radius 2 is 1.85 bits per heavy atom. The molecule has 0 heterocycles. The highest BCUT2D eigenvalue weighted by Gasteiger charge is 2.24. The van der Waals surface area contributed by atoms with Crippen LogP contribution in [-0.2, 0) is 16.0 Å². The van der Waals surface area contributed by atoms with Crippen LogP contribution in [0.3, 0.4) is 0 Å². The third kappa shape index (κ3) is 5.69. The second kappa shape index (κ2) is 6.36. The number of amides is 1. The molecule has 1 unspecified atom stereocenters. The zero-order chi connectivity index (χ0) is 15.3. The standard InChI is InChI=1S/C14H18FNO4/c1-14(2,3)20-13(19)16-11(12(17)18)8-9-4-6-10(15)7-5-9/h4-7,11H,8H2,1-3H3,(H,16,19)(H,17,18)/i12+1. The largest absolute Gasteiger partial charge is 0.480 e. The minimum Gasteiger partial charge on any atom is -0.480 e. The quantitative estimate of drug-likeness (QED) is 0.832. The number of rotatable bonds is 4. The molecule has 0 radical (unpaired) electrons. The Morgan fingerprint density at radius 1 is 1.30 bits per heavy atom. The maximum absolute atomic E-state index is 12.8. The smallest absolute Gasteiger partial charge is 0.408 e. The molecule has 20 heavy (non-hydrogen) atoms. The Labute approximate surface area is 116 Å². The maximum Gasteiger partial charge on any atom is 0.408 e. The molecule has 0 bridgehead atoms. The van der Waals surface area contributed by atoms with Crippen LogP contribution >= 0.6 is 0 Å². The molecule has 0 aliphatic carbocycles. The number of carboxylic acid groups (broad SMARTS) is 1. The number of aliphatic carboxylic acids is 1. The fraction of sp³-hybridized carbons (Fsp3) is 0.429. The van der Waals surface area contributed by atoms with E-state index in [1.54, 1.807) is 20.8 Å². The van der Waals surface area contributed by atoms with Crippen LogP contribution in [0, 0.1) is 5.82 Å². The van der Waals surface area contributed by atoms with Crippen molar-refractivity contribution in [1.82, 2.24) is 5.32 Å². The molecule has 0 spiro atoms. The summed E-state index contributed by atoms with van der Waals surface area (Å²) in [4.78, 5) is 22.7. The van der Waals surface area contributed by atoms with Crippen molar-refractivity contribution < 1.29 is 23.8 Å².